The first-order valence-corrected chi connectivity index (χ1v) is 15.4. The Balaban J connectivity index is 1.31. The van der Waals surface area contributed by atoms with Crippen LogP contribution in [0.5, 0.6) is 11.5 Å². The summed E-state index contributed by atoms with van der Waals surface area (Å²) in [6.45, 7) is 2.04. The molecule has 0 radical (unpaired) electrons. The minimum atomic E-state index is -4.71. The van der Waals surface area contributed by atoms with Gasteiger partial charge in [0.05, 0.1) is 54.4 Å². The summed E-state index contributed by atoms with van der Waals surface area (Å²) in [7, 11) is 1.29. The molecule has 2 aromatic rings. The maximum Gasteiger partial charge on any atom is 0.416 e. The van der Waals surface area contributed by atoms with E-state index in [9.17, 15) is 32.8 Å². The van der Waals surface area contributed by atoms with Gasteiger partial charge in [-0.25, -0.2) is 4.39 Å². The molecule has 3 saturated carbocycles. The van der Waals surface area contributed by atoms with Crippen molar-refractivity contribution in [2.45, 2.75) is 70.2 Å². The number of ether oxygens (including phenoxy) is 3. The van der Waals surface area contributed by atoms with Crippen molar-refractivity contribution in [3.8, 4) is 17.6 Å². The van der Waals surface area contributed by atoms with Gasteiger partial charge in [-0.2, -0.15) is 18.4 Å². The largest absolute Gasteiger partial charge is 0.496 e. The highest BCUT2D eigenvalue weighted by molar-refractivity contribution is 5.99. The summed E-state index contributed by atoms with van der Waals surface area (Å²) >= 11 is 0. The normalized spacial score (nSPS) is 25.3. The highest BCUT2D eigenvalue weighted by Gasteiger charge is 2.51. The molecule has 0 aromatic heterocycles. The van der Waals surface area contributed by atoms with Crippen LogP contribution in [0.4, 0.5) is 23.2 Å². The van der Waals surface area contributed by atoms with Crippen molar-refractivity contribution < 1.29 is 46.2 Å². The number of methoxy groups -OCH3 is 1. The van der Waals surface area contributed by atoms with E-state index >= 15 is 4.39 Å². The number of amides is 2. The van der Waals surface area contributed by atoms with E-state index in [2.05, 4.69) is 10.6 Å². The molecule has 13 heteroatoms. The van der Waals surface area contributed by atoms with Gasteiger partial charge in [-0.3, -0.25) is 14.4 Å². The molecule has 5 rings (SSSR count). The van der Waals surface area contributed by atoms with E-state index in [-0.39, 0.29) is 58.1 Å². The summed E-state index contributed by atoms with van der Waals surface area (Å²) < 4.78 is 71.6. The number of anilines is 1. The van der Waals surface area contributed by atoms with Gasteiger partial charge >= 0.3 is 12.1 Å². The van der Waals surface area contributed by atoms with Crippen molar-refractivity contribution >= 4 is 23.5 Å². The molecule has 2 bridgehead atoms. The van der Waals surface area contributed by atoms with Gasteiger partial charge < -0.3 is 24.8 Å². The number of nitriles is 1. The maximum absolute atomic E-state index is 15.0. The number of hydrogen-bond acceptors (Lipinski definition) is 7. The van der Waals surface area contributed by atoms with Gasteiger partial charge in [-0.15, -0.1) is 0 Å². The van der Waals surface area contributed by atoms with E-state index in [1.54, 1.807) is 13.0 Å². The number of halogens is 4. The van der Waals surface area contributed by atoms with Crippen molar-refractivity contribution in [2.24, 2.45) is 23.7 Å². The second-order valence-electron chi connectivity index (χ2n) is 12.1. The number of esters is 1. The van der Waals surface area contributed by atoms with Gasteiger partial charge in [-0.1, -0.05) is 0 Å². The molecular formula is C33H35F4N3O6. The Bertz CT molecular complexity index is 1530. The first-order chi connectivity index (χ1) is 21.9. The van der Waals surface area contributed by atoms with Crippen LogP contribution in [0.2, 0.25) is 0 Å². The molecule has 2 aromatic carbocycles. The molecule has 0 heterocycles. The van der Waals surface area contributed by atoms with Gasteiger partial charge in [0, 0.05) is 17.8 Å². The minimum absolute atomic E-state index is 0.00224. The Morgan fingerprint density at radius 3 is 2.35 bits per heavy atom. The fourth-order valence-corrected chi connectivity index (χ4v) is 7.09. The molecule has 9 nitrogen and oxygen atoms in total. The zero-order chi connectivity index (χ0) is 33.2. The van der Waals surface area contributed by atoms with Crippen LogP contribution in [0, 0.1) is 40.8 Å². The number of fused-ring (bicyclic) bond motifs is 2. The van der Waals surface area contributed by atoms with Crippen LogP contribution < -0.4 is 20.1 Å². The Morgan fingerprint density at radius 1 is 0.978 bits per heavy atom. The predicted octanol–water partition coefficient (Wildman–Crippen LogP) is 6.01. The lowest BCUT2D eigenvalue weighted by atomic mass is 9.83. The van der Waals surface area contributed by atoms with Crippen molar-refractivity contribution in [1.82, 2.24) is 5.32 Å². The van der Waals surface area contributed by atoms with Gasteiger partial charge in [0.15, 0.2) is 11.6 Å². The number of nitrogens with one attached hydrogen (secondary N) is 2. The van der Waals surface area contributed by atoms with Crippen LogP contribution in [-0.4, -0.2) is 43.6 Å². The summed E-state index contributed by atoms with van der Waals surface area (Å²) in [5, 5.41) is 14.7. The second kappa shape index (κ2) is 13.6. The van der Waals surface area contributed by atoms with Crippen molar-refractivity contribution in [2.75, 3.05) is 19.0 Å². The fraction of sp³-hybridized carbons (Fsp3) is 0.515. The van der Waals surface area contributed by atoms with E-state index in [4.69, 9.17) is 14.2 Å². The van der Waals surface area contributed by atoms with Crippen LogP contribution in [0.3, 0.4) is 0 Å². The third-order valence-corrected chi connectivity index (χ3v) is 9.26. The SMILES string of the molecule is CCOC(=O)C1CCC(Oc2cc(C(=O)NC3C4CCC(C4)C3C(=O)Nc3cc(C#N)cc(C(F)(F)F)c3)c(OC)cc2F)CC1. The number of benzene rings is 2. The molecule has 3 aliphatic rings. The quantitative estimate of drug-likeness (QED) is 0.253. The van der Waals surface area contributed by atoms with Gasteiger partial charge in [-0.05, 0) is 88.0 Å². The second-order valence-corrected chi connectivity index (χ2v) is 12.1. The molecule has 3 aliphatic carbocycles. The first kappa shape index (κ1) is 33.0. The Hall–Kier alpha value is -4.34. The summed E-state index contributed by atoms with van der Waals surface area (Å²) in [4.78, 5) is 39.2. The lowest BCUT2D eigenvalue weighted by molar-refractivity contribution is -0.149. The highest BCUT2D eigenvalue weighted by Crippen LogP contribution is 2.49. The zero-order valence-corrected chi connectivity index (χ0v) is 25.4. The average molecular weight is 646 g/mol. The minimum Gasteiger partial charge on any atom is -0.496 e. The topological polar surface area (TPSA) is 127 Å². The predicted molar refractivity (Wildman–Crippen MR) is 156 cm³/mol. The molecule has 2 N–H and O–H groups in total. The third-order valence-electron chi connectivity index (χ3n) is 9.26. The van der Waals surface area contributed by atoms with Crippen LogP contribution in [0.15, 0.2) is 30.3 Å². The molecule has 0 aliphatic heterocycles. The standard InChI is InChI=1S/C33H35F4N3O6/c1-3-45-32(43)18-6-8-23(9-7-18)46-27-14-24(26(44-2)15-25(27)34)30(41)40-29-20-5-4-19(12-20)28(29)31(42)39-22-11-17(16-38)10-21(13-22)33(35,36)37/h10-11,13-15,18-20,23,28-29H,3-9,12H2,1-2H3,(H,39,42)(H,40,41). The summed E-state index contributed by atoms with van der Waals surface area (Å²) in [5.41, 5.74) is -1.48. The van der Waals surface area contributed by atoms with E-state index in [0.29, 0.717) is 44.8 Å². The van der Waals surface area contributed by atoms with E-state index < -0.39 is 41.3 Å². The highest BCUT2D eigenvalue weighted by atomic mass is 19.4. The number of rotatable bonds is 9. The number of carbonyl (C=O) groups excluding carboxylic acids is 3. The van der Waals surface area contributed by atoms with Crippen LogP contribution >= 0.6 is 0 Å². The Morgan fingerprint density at radius 2 is 1.70 bits per heavy atom. The van der Waals surface area contributed by atoms with Crippen molar-refractivity contribution in [3.05, 3.63) is 52.8 Å². The van der Waals surface area contributed by atoms with Gasteiger partial charge in [0.25, 0.3) is 5.91 Å². The van der Waals surface area contributed by atoms with Crippen LogP contribution in [-0.2, 0) is 20.5 Å². The van der Waals surface area contributed by atoms with E-state index in [1.165, 1.54) is 19.2 Å². The lowest BCUT2D eigenvalue weighted by Gasteiger charge is -2.31. The first-order valence-electron chi connectivity index (χ1n) is 15.4. The number of nitrogens with zero attached hydrogens (tertiary/aromatic N) is 1. The number of carbonyl (C=O) groups is 3. The number of alkyl halides is 3. The molecule has 246 valence electrons. The molecule has 46 heavy (non-hydrogen) atoms. The zero-order valence-electron chi connectivity index (χ0n) is 25.4. The fourth-order valence-electron chi connectivity index (χ4n) is 7.09. The van der Waals surface area contributed by atoms with Crippen LogP contribution in [0.25, 0.3) is 0 Å². The molecule has 4 unspecified atom stereocenters. The summed E-state index contributed by atoms with van der Waals surface area (Å²) in [6, 6.07) is 6.01. The number of hydrogen-bond donors (Lipinski definition) is 2. The molecule has 0 spiro atoms. The third kappa shape index (κ3) is 7.06. The summed E-state index contributed by atoms with van der Waals surface area (Å²) in [5.74, 6) is -3.47. The van der Waals surface area contributed by atoms with Gasteiger partial charge in [0.2, 0.25) is 5.91 Å². The molecule has 3 fully saturated rings. The average Bonchev–Trinajstić information content (AvgIpc) is 3.63. The Kier molecular flexibility index (Phi) is 9.74. The van der Waals surface area contributed by atoms with E-state index in [1.807, 2.05) is 0 Å². The van der Waals surface area contributed by atoms with Gasteiger partial charge in [0.1, 0.15) is 5.75 Å². The van der Waals surface area contributed by atoms with E-state index in [0.717, 1.165) is 25.0 Å². The monoisotopic (exact) mass is 645 g/mol. The van der Waals surface area contributed by atoms with Crippen molar-refractivity contribution in [1.29, 1.82) is 5.26 Å². The molecule has 2 amide bonds. The smallest absolute Gasteiger partial charge is 0.416 e. The molecule has 4 atom stereocenters. The molecule has 0 saturated heterocycles. The molecular weight excluding hydrogens is 610 g/mol. The Labute approximate surface area is 263 Å². The summed E-state index contributed by atoms with van der Waals surface area (Å²) in [6.07, 6.45) is -0.906. The van der Waals surface area contributed by atoms with Crippen molar-refractivity contribution in [3.63, 3.8) is 0 Å². The lowest BCUT2D eigenvalue weighted by Crippen LogP contribution is -2.48. The maximum atomic E-state index is 15.0. The van der Waals surface area contributed by atoms with Crippen LogP contribution in [0.1, 0.15) is 73.4 Å².